The first-order chi connectivity index (χ1) is 7.22. The number of hydrogen-bond acceptors (Lipinski definition) is 3. The molecule has 1 saturated carbocycles. The van der Waals surface area contributed by atoms with Crippen molar-refractivity contribution in [3.8, 4) is 0 Å². The summed E-state index contributed by atoms with van der Waals surface area (Å²) in [6.07, 6.45) is 2.44. The standard InChI is InChI=1S/C11H15BrN2O/c12-10-7-8(13)1-4-11(10)14(5-6-15)9-2-3-9/h1,4,7,9,15H,2-3,5-6,13H2. The van der Waals surface area contributed by atoms with E-state index in [9.17, 15) is 0 Å². The maximum atomic E-state index is 9.04. The molecule has 1 aromatic carbocycles. The fraction of sp³-hybridized carbons (Fsp3) is 0.455. The van der Waals surface area contributed by atoms with Gasteiger partial charge in [0.15, 0.2) is 0 Å². The Morgan fingerprint density at radius 1 is 1.47 bits per heavy atom. The number of halogens is 1. The van der Waals surface area contributed by atoms with Gasteiger partial charge in [0.2, 0.25) is 0 Å². The normalized spacial score (nSPS) is 15.3. The summed E-state index contributed by atoms with van der Waals surface area (Å²) in [4.78, 5) is 2.24. The van der Waals surface area contributed by atoms with Gasteiger partial charge >= 0.3 is 0 Å². The van der Waals surface area contributed by atoms with E-state index >= 15 is 0 Å². The van der Waals surface area contributed by atoms with Crippen molar-refractivity contribution >= 4 is 27.3 Å². The highest BCUT2D eigenvalue weighted by Gasteiger charge is 2.29. The van der Waals surface area contributed by atoms with Gasteiger partial charge in [0.05, 0.1) is 12.3 Å². The average Bonchev–Trinajstić information content (AvgIpc) is 2.98. The number of rotatable bonds is 4. The van der Waals surface area contributed by atoms with Gasteiger partial charge in [-0.05, 0) is 47.0 Å². The zero-order valence-corrected chi connectivity index (χ0v) is 10.1. The molecule has 1 fully saturated rings. The van der Waals surface area contributed by atoms with Crippen LogP contribution in [-0.4, -0.2) is 24.3 Å². The maximum Gasteiger partial charge on any atom is 0.0606 e. The van der Waals surface area contributed by atoms with Gasteiger partial charge in [-0.1, -0.05) is 0 Å². The van der Waals surface area contributed by atoms with Gasteiger partial charge in [-0.25, -0.2) is 0 Å². The largest absolute Gasteiger partial charge is 0.399 e. The van der Waals surface area contributed by atoms with Crippen LogP contribution in [-0.2, 0) is 0 Å². The number of aliphatic hydroxyl groups is 1. The second kappa shape index (κ2) is 4.41. The van der Waals surface area contributed by atoms with Gasteiger partial charge in [0.25, 0.3) is 0 Å². The van der Waals surface area contributed by atoms with E-state index in [1.807, 2.05) is 18.2 Å². The van der Waals surface area contributed by atoms with Crippen LogP contribution >= 0.6 is 15.9 Å². The first kappa shape index (κ1) is 10.8. The molecule has 4 heteroatoms. The van der Waals surface area contributed by atoms with Crippen LogP contribution < -0.4 is 10.6 Å². The fourth-order valence-corrected chi connectivity index (χ4v) is 2.37. The molecule has 0 heterocycles. The minimum Gasteiger partial charge on any atom is -0.399 e. The number of hydrogen-bond donors (Lipinski definition) is 2. The molecule has 1 aliphatic carbocycles. The Labute approximate surface area is 98.0 Å². The van der Waals surface area contributed by atoms with E-state index in [0.29, 0.717) is 12.6 Å². The van der Waals surface area contributed by atoms with E-state index in [4.69, 9.17) is 10.8 Å². The summed E-state index contributed by atoms with van der Waals surface area (Å²) in [5.74, 6) is 0. The zero-order valence-electron chi connectivity index (χ0n) is 8.49. The van der Waals surface area contributed by atoms with Crippen molar-refractivity contribution in [3.05, 3.63) is 22.7 Å². The summed E-state index contributed by atoms with van der Waals surface area (Å²) >= 11 is 3.51. The highest BCUT2D eigenvalue weighted by molar-refractivity contribution is 9.10. The van der Waals surface area contributed by atoms with Crippen molar-refractivity contribution in [2.24, 2.45) is 0 Å². The molecule has 3 N–H and O–H groups in total. The van der Waals surface area contributed by atoms with Crippen LogP contribution in [0, 0.1) is 0 Å². The van der Waals surface area contributed by atoms with Gasteiger partial charge in [-0.15, -0.1) is 0 Å². The lowest BCUT2D eigenvalue weighted by Gasteiger charge is -2.25. The van der Waals surface area contributed by atoms with Gasteiger partial charge < -0.3 is 15.7 Å². The van der Waals surface area contributed by atoms with Crippen LogP contribution in [0.25, 0.3) is 0 Å². The van der Waals surface area contributed by atoms with Gasteiger partial charge in [-0.2, -0.15) is 0 Å². The van der Waals surface area contributed by atoms with E-state index in [0.717, 1.165) is 15.8 Å². The molecule has 15 heavy (non-hydrogen) atoms. The summed E-state index contributed by atoms with van der Waals surface area (Å²) in [7, 11) is 0. The van der Waals surface area contributed by atoms with Crippen LogP contribution in [0.4, 0.5) is 11.4 Å². The molecule has 0 aromatic heterocycles. The smallest absolute Gasteiger partial charge is 0.0606 e. The predicted molar refractivity (Wildman–Crippen MR) is 66.0 cm³/mol. The van der Waals surface area contributed by atoms with Crippen molar-refractivity contribution in [1.29, 1.82) is 0 Å². The van der Waals surface area contributed by atoms with Crippen molar-refractivity contribution in [3.63, 3.8) is 0 Å². The van der Waals surface area contributed by atoms with Gasteiger partial charge in [0, 0.05) is 22.7 Å². The highest BCUT2D eigenvalue weighted by Crippen LogP contribution is 2.36. The zero-order chi connectivity index (χ0) is 10.8. The number of anilines is 2. The summed E-state index contributed by atoms with van der Waals surface area (Å²) in [6.45, 7) is 0.875. The van der Waals surface area contributed by atoms with Crippen LogP contribution in [0.2, 0.25) is 0 Å². The van der Waals surface area contributed by atoms with E-state index in [-0.39, 0.29) is 6.61 Å². The molecule has 0 amide bonds. The van der Waals surface area contributed by atoms with Crippen molar-refractivity contribution in [2.45, 2.75) is 18.9 Å². The topological polar surface area (TPSA) is 49.5 Å². The summed E-state index contributed by atoms with van der Waals surface area (Å²) in [5.41, 5.74) is 7.58. The molecule has 0 radical (unpaired) electrons. The molecule has 0 atom stereocenters. The third kappa shape index (κ3) is 2.44. The summed E-state index contributed by atoms with van der Waals surface area (Å²) < 4.78 is 1.00. The summed E-state index contributed by atoms with van der Waals surface area (Å²) in [5, 5.41) is 9.04. The molecule has 3 nitrogen and oxygen atoms in total. The Hall–Kier alpha value is -0.740. The monoisotopic (exact) mass is 270 g/mol. The SMILES string of the molecule is Nc1ccc(N(CCO)C2CC2)c(Br)c1. The number of nitrogens with zero attached hydrogens (tertiary/aromatic N) is 1. The van der Waals surface area contributed by atoms with Crippen molar-refractivity contribution < 1.29 is 5.11 Å². The fourth-order valence-electron chi connectivity index (χ4n) is 1.75. The molecule has 0 aliphatic heterocycles. The first-order valence-electron chi connectivity index (χ1n) is 5.15. The number of benzene rings is 1. The Morgan fingerprint density at radius 2 is 2.20 bits per heavy atom. The molecule has 82 valence electrons. The second-order valence-electron chi connectivity index (χ2n) is 3.86. The highest BCUT2D eigenvalue weighted by atomic mass is 79.9. The maximum absolute atomic E-state index is 9.04. The third-order valence-electron chi connectivity index (χ3n) is 2.61. The van der Waals surface area contributed by atoms with Crippen LogP contribution in [0.3, 0.4) is 0 Å². The molecular weight excluding hydrogens is 256 g/mol. The predicted octanol–water partition coefficient (Wildman–Crippen LogP) is 1.99. The molecular formula is C11H15BrN2O. The third-order valence-corrected chi connectivity index (χ3v) is 3.24. The van der Waals surface area contributed by atoms with Crippen molar-refractivity contribution in [1.82, 2.24) is 0 Å². The lowest BCUT2D eigenvalue weighted by Crippen LogP contribution is -2.29. The molecule has 1 aliphatic rings. The average molecular weight is 271 g/mol. The first-order valence-corrected chi connectivity index (χ1v) is 5.94. The van der Waals surface area contributed by atoms with Crippen molar-refractivity contribution in [2.75, 3.05) is 23.8 Å². The van der Waals surface area contributed by atoms with Gasteiger partial charge in [0.1, 0.15) is 0 Å². The van der Waals surface area contributed by atoms with Crippen LogP contribution in [0.1, 0.15) is 12.8 Å². The number of nitrogen functional groups attached to an aromatic ring is 1. The van der Waals surface area contributed by atoms with E-state index in [1.54, 1.807) is 0 Å². The lowest BCUT2D eigenvalue weighted by molar-refractivity contribution is 0.301. The lowest BCUT2D eigenvalue weighted by atomic mass is 10.2. The molecule has 0 saturated heterocycles. The number of aliphatic hydroxyl groups excluding tert-OH is 1. The Bertz CT molecular complexity index is 352. The minimum absolute atomic E-state index is 0.188. The van der Waals surface area contributed by atoms with E-state index in [1.165, 1.54) is 12.8 Å². The van der Waals surface area contributed by atoms with Crippen LogP contribution in [0.15, 0.2) is 22.7 Å². The Morgan fingerprint density at radius 3 is 2.73 bits per heavy atom. The quantitative estimate of drug-likeness (QED) is 0.823. The van der Waals surface area contributed by atoms with E-state index < -0.39 is 0 Å². The number of nitrogens with two attached hydrogens (primary N) is 1. The minimum atomic E-state index is 0.188. The molecule has 1 aromatic rings. The van der Waals surface area contributed by atoms with Gasteiger partial charge in [-0.3, -0.25) is 0 Å². The summed E-state index contributed by atoms with van der Waals surface area (Å²) in [6, 6.07) is 6.40. The molecule has 0 spiro atoms. The second-order valence-corrected chi connectivity index (χ2v) is 4.71. The van der Waals surface area contributed by atoms with Crippen LogP contribution in [0.5, 0.6) is 0 Å². The van der Waals surface area contributed by atoms with E-state index in [2.05, 4.69) is 20.8 Å². The molecule has 0 bridgehead atoms. The Kier molecular flexibility index (Phi) is 3.17. The Balaban J connectivity index is 2.24. The molecule has 2 rings (SSSR count). The molecule has 0 unspecified atom stereocenters.